The molecule has 1 N–H and O–H groups in total. The van der Waals surface area contributed by atoms with E-state index in [0.29, 0.717) is 25.4 Å². The average molecular weight is 346 g/mol. The summed E-state index contributed by atoms with van der Waals surface area (Å²) in [5.41, 5.74) is 0. The van der Waals surface area contributed by atoms with Crippen molar-refractivity contribution in [2.75, 3.05) is 45.5 Å². The van der Waals surface area contributed by atoms with Crippen molar-refractivity contribution >= 4 is 15.9 Å². The van der Waals surface area contributed by atoms with Crippen LogP contribution in [0.3, 0.4) is 0 Å². The van der Waals surface area contributed by atoms with Crippen LogP contribution in [0.15, 0.2) is 0 Å². The molecule has 2 atom stereocenters. The third kappa shape index (κ3) is 5.72. The quantitative estimate of drug-likeness (QED) is 0.744. The lowest BCUT2D eigenvalue weighted by Gasteiger charge is -2.36. The highest BCUT2D eigenvalue weighted by Crippen LogP contribution is 2.29. The Labute approximate surface area is 140 Å². The lowest BCUT2D eigenvalue weighted by atomic mass is 9.82. The van der Waals surface area contributed by atoms with Gasteiger partial charge in [0.2, 0.25) is 15.9 Å². The molecule has 6 nitrogen and oxygen atoms in total. The van der Waals surface area contributed by atoms with Crippen molar-refractivity contribution < 1.29 is 13.2 Å². The van der Waals surface area contributed by atoms with Crippen LogP contribution in [0.1, 0.15) is 39.0 Å². The van der Waals surface area contributed by atoms with Crippen molar-refractivity contribution in [1.82, 2.24) is 14.5 Å². The number of sulfonamides is 1. The van der Waals surface area contributed by atoms with Crippen LogP contribution >= 0.6 is 0 Å². The summed E-state index contributed by atoms with van der Waals surface area (Å²) in [7, 11) is -3.12. The summed E-state index contributed by atoms with van der Waals surface area (Å²) in [6.07, 6.45) is 6.03. The number of hydrogen-bond donors (Lipinski definition) is 1. The number of hydrogen-bond acceptors (Lipinski definition) is 4. The van der Waals surface area contributed by atoms with Crippen molar-refractivity contribution in [1.29, 1.82) is 0 Å². The minimum absolute atomic E-state index is 0.112. The maximum absolute atomic E-state index is 12.2. The Morgan fingerprint density at radius 1 is 1.17 bits per heavy atom. The van der Waals surface area contributed by atoms with E-state index in [9.17, 15) is 13.2 Å². The Morgan fingerprint density at radius 3 is 2.48 bits per heavy atom. The highest BCUT2D eigenvalue weighted by molar-refractivity contribution is 7.88. The zero-order chi connectivity index (χ0) is 16.9. The molecular formula is C16H31N3O3S. The van der Waals surface area contributed by atoms with E-state index in [4.69, 9.17) is 0 Å². The van der Waals surface area contributed by atoms with Gasteiger partial charge in [-0.05, 0) is 44.2 Å². The maximum atomic E-state index is 12.2. The van der Waals surface area contributed by atoms with Gasteiger partial charge in [0.25, 0.3) is 0 Å². The molecule has 1 amide bonds. The molecule has 2 heterocycles. The number of nitrogens with one attached hydrogen (secondary N) is 1. The first-order valence-electron chi connectivity index (χ1n) is 8.84. The van der Waals surface area contributed by atoms with Crippen molar-refractivity contribution in [2.24, 2.45) is 11.8 Å². The largest absolute Gasteiger partial charge is 0.355 e. The zero-order valence-corrected chi connectivity index (χ0v) is 15.3. The highest BCUT2D eigenvalue weighted by Gasteiger charge is 2.33. The molecule has 7 heteroatoms. The molecule has 2 unspecified atom stereocenters. The van der Waals surface area contributed by atoms with Crippen molar-refractivity contribution in [3.05, 3.63) is 0 Å². The van der Waals surface area contributed by atoms with Crippen molar-refractivity contribution in [3.63, 3.8) is 0 Å². The fourth-order valence-electron chi connectivity index (χ4n) is 3.75. The number of carbonyl (C=O) groups is 1. The van der Waals surface area contributed by atoms with Gasteiger partial charge >= 0.3 is 0 Å². The lowest BCUT2D eigenvalue weighted by molar-refractivity contribution is -0.122. The summed E-state index contributed by atoms with van der Waals surface area (Å²) >= 11 is 0. The van der Waals surface area contributed by atoms with Crippen LogP contribution < -0.4 is 5.32 Å². The molecule has 0 aromatic carbocycles. The molecule has 2 rings (SSSR count). The van der Waals surface area contributed by atoms with Gasteiger partial charge < -0.3 is 10.2 Å². The van der Waals surface area contributed by atoms with E-state index in [-0.39, 0.29) is 11.8 Å². The number of nitrogens with zero attached hydrogens (tertiary/aromatic N) is 2. The van der Waals surface area contributed by atoms with Crippen LogP contribution in [0.4, 0.5) is 0 Å². The Morgan fingerprint density at radius 2 is 1.87 bits per heavy atom. The second-order valence-electron chi connectivity index (χ2n) is 6.94. The molecule has 0 aromatic rings. The topological polar surface area (TPSA) is 69.7 Å². The van der Waals surface area contributed by atoms with Gasteiger partial charge in [-0.15, -0.1) is 0 Å². The summed E-state index contributed by atoms with van der Waals surface area (Å²) in [6.45, 7) is 7.14. The third-order valence-electron chi connectivity index (χ3n) is 5.24. The van der Waals surface area contributed by atoms with Gasteiger partial charge in [0.1, 0.15) is 0 Å². The third-order valence-corrected chi connectivity index (χ3v) is 6.51. The summed E-state index contributed by atoms with van der Waals surface area (Å²) < 4.78 is 24.9. The molecule has 2 aliphatic heterocycles. The molecule has 2 aliphatic rings. The standard InChI is InChI=1S/C16H31N3O3S/c1-3-14-13-19(23(2,21)22)10-6-15(14)12-16(20)17-7-11-18-8-4-5-9-18/h14-15H,3-13H2,1-2H3,(H,17,20). The number of carbonyl (C=O) groups excluding carboxylic acids is 1. The molecule has 134 valence electrons. The molecule has 0 saturated carbocycles. The Balaban J connectivity index is 1.74. The summed E-state index contributed by atoms with van der Waals surface area (Å²) in [5.74, 6) is 0.688. The van der Waals surface area contributed by atoms with Gasteiger partial charge in [-0.25, -0.2) is 12.7 Å². The molecule has 0 spiro atoms. The second kappa shape index (κ2) is 8.44. The van der Waals surface area contributed by atoms with E-state index in [0.717, 1.165) is 39.0 Å². The van der Waals surface area contributed by atoms with E-state index in [1.54, 1.807) is 4.31 Å². The fraction of sp³-hybridized carbons (Fsp3) is 0.938. The fourth-order valence-corrected chi connectivity index (χ4v) is 4.65. The predicted octanol–water partition coefficient (Wildman–Crippen LogP) is 0.896. The first kappa shape index (κ1) is 18.7. The van der Waals surface area contributed by atoms with Crippen LogP contribution in [0, 0.1) is 11.8 Å². The minimum Gasteiger partial charge on any atom is -0.355 e. The minimum atomic E-state index is -3.12. The number of rotatable bonds is 7. The first-order chi connectivity index (χ1) is 10.9. The summed E-state index contributed by atoms with van der Waals surface area (Å²) in [5, 5.41) is 3.03. The summed E-state index contributed by atoms with van der Waals surface area (Å²) in [4.78, 5) is 14.6. The van der Waals surface area contributed by atoms with E-state index in [1.807, 2.05) is 0 Å². The van der Waals surface area contributed by atoms with Gasteiger partial charge in [0.15, 0.2) is 0 Å². The van der Waals surface area contributed by atoms with Crippen LogP contribution in [-0.4, -0.2) is 69.1 Å². The van der Waals surface area contributed by atoms with Crippen molar-refractivity contribution in [3.8, 4) is 0 Å². The smallest absolute Gasteiger partial charge is 0.220 e. The Bertz CT molecular complexity index is 489. The van der Waals surface area contributed by atoms with Gasteiger partial charge in [0.05, 0.1) is 6.26 Å². The molecule has 0 radical (unpaired) electrons. The van der Waals surface area contributed by atoms with Crippen LogP contribution in [-0.2, 0) is 14.8 Å². The maximum Gasteiger partial charge on any atom is 0.220 e. The zero-order valence-electron chi connectivity index (χ0n) is 14.5. The molecule has 0 aliphatic carbocycles. The van der Waals surface area contributed by atoms with E-state index in [1.165, 1.54) is 19.1 Å². The van der Waals surface area contributed by atoms with Gasteiger partial charge in [-0.2, -0.15) is 0 Å². The normalized spacial score (nSPS) is 27.2. The highest BCUT2D eigenvalue weighted by atomic mass is 32.2. The first-order valence-corrected chi connectivity index (χ1v) is 10.7. The van der Waals surface area contributed by atoms with E-state index >= 15 is 0 Å². The van der Waals surface area contributed by atoms with Crippen LogP contribution in [0.5, 0.6) is 0 Å². The predicted molar refractivity (Wildman–Crippen MR) is 91.6 cm³/mol. The van der Waals surface area contributed by atoms with Gasteiger partial charge in [0, 0.05) is 32.6 Å². The van der Waals surface area contributed by atoms with Crippen molar-refractivity contribution in [2.45, 2.75) is 39.0 Å². The number of piperidine rings is 1. The van der Waals surface area contributed by atoms with Gasteiger partial charge in [-0.3, -0.25) is 4.79 Å². The number of likely N-dealkylation sites (tertiary alicyclic amines) is 1. The Kier molecular flexibility index (Phi) is 6.85. The molecule has 23 heavy (non-hydrogen) atoms. The van der Waals surface area contributed by atoms with Gasteiger partial charge in [-0.1, -0.05) is 13.3 Å². The molecule has 2 fully saturated rings. The van der Waals surface area contributed by atoms with E-state index in [2.05, 4.69) is 17.1 Å². The van der Waals surface area contributed by atoms with Crippen LogP contribution in [0.25, 0.3) is 0 Å². The molecule has 0 bridgehead atoms. The van der Waals surface area contributed by atoms with Crippen LogP contribution in [0.2, 0.25) is 0 Å². The summed E-state index contributed by atoms with van der Waals surface area (Å²) in [6, 6.07) is 0. The second-order valence-corrected chi connectivity index (χ2v) is 8.92. The lowest BCUT2D eigenvalue weighted by Crippen LogP contribution is -2.44. The Hall–Kier alpha value is -0.660. The molecule has 2 saturated heterocycles. The molecule has 0 aromatic heterocycles. The monoisotopic (exact) mass is 345 g/mol. The number of amides is 1. The SMILES string of the molecule is CCC1CN(S(C)(=O)=O)CCC1CC(=O)NCCN1CCCC1. The average Bonchev–Trinajstić information content (AvgIpc) is 2.99. The van der Waals surface area contributed by atoms with E-state index < -0.39 is 10.0 Å². The molecular weight excluding hydrogens is 314 g/mol.